The van der Waals surface area contributed by atoms with Crippen molar-refractivity contribution < 1.29 is 23.1 Å². The fraction of sp³-hybridized carbons (Fsp3) is 0.222. The van der Waals surface area contributed by atoms with Crippen molar-refractivity contribution in [2.75, 3.05) is 14.2 Å². The molecule has 0 aliphatic rings. The van der Waals surface area contributed by atoms with Crippen molar-refractivity contribution in [3.63, 3.8) is 0 Å². The van der Waals surface area contributed by atoms with Gasteiger partial charge in [-0.2, -0.15) is 0 Å². The number of rotatable bonds is 6. The van der Waals surface area contributed by atoms with Crippen LogP contribution in [-0.2, 0) is 16.0 Å². The Labute approximate surface area is 144 Å². The summed E-state index contributed by atoms with van der Waals surface area (Å²) in [7, 11) is 2.93. The summed E-state index contributed by atoms with van der Waals surface area (Å²) in [6, 6.07) is 8.83. The molecule has 0 aromatic heterocycles. The highest BCUT2D eigenvalue weighted by molar-refractivity contribution is 5.89. The minimum atomic E-state index is -1.12. The van der Waals surface area contributed by atoms with Crippen molar-refractivity contribution in [1.82, 2.24) is 10.6 Å². The first-order valence-corrected chi connectivity index (χ1v) is 7.53. The topological polar surface area (TPSA) is 67.4 Å². The number of hydrogen-bond acceptors (Lipinski definition) is 3. The highest BCUT2D eigenvalue weighted by Crippen LogP contribution is 2.18. The molecule has 2 aromatic rings. The maximum atomic E-state index is 13.4. The van der Waals surface area contributed by atoms with Crippen LogP contribution in [0.1, 0.15) is 17.2 Å². The van der Waals surface area contributed by atoms with E-state index in [1.165, 1.54) is 20.2 Å². The van der Waals surface area contributed by atoms with E-state index in [4.69, 9.17) is 4.74 Å². The van der Waals surface area contributed by atoms with Crippen molar-refractivity contribution in [3.05, 3.63) is 65.2 Å². The molecule has 0 saturated carbocycles. The third kappa shape index (κ3) is 4.76. The van der Waals surface area contributed by atoms with Gasteiger partial charge in [0.1, 0.15) is 11.8 Å². The van der Waals surface area contributed by atoms with Crippen LogP contribution in [0.25, 0.3) is 0 Å². The van der Waals surface area contributed by atoms with E-state index in [1.54, 1.807) is 24.3 Å². The molecule has 25 heavy (non-hydrogen) atoms. The molecule has 0 saturated heterocycles. The molecule has 7 heteroatoms. The van der Waals surface area contributed by atoms with Gasteiger partial charge in [-0.25, -0.2) is 8.78 Å². The second-order valence-electron chi connectivity index (χ2n) is 5.31. The van der Waals surface area contributed by atoms with E-state index < -0.39 is 29.5 Å². The maximum absolute atomic E-state index is 13.4. The van der Waals surface area contributed by atoms with Gasteiger partial charge in [0.2, 0.25) is 11.8 Å². The second-order valence-corrected chi connectivity index (χ2v) is 5.31. The Bertz CT molecular complexity index is 763. The van der Waals surface area contributed by atoms with Crippen LogP contribution in [0.5, 0.6) is 5.75 Å². The quantitative estimate of drug-likeness (QED) is 0.840. The molecule has 0 spiro atoms. The number of carbonyl (C=O) groups is 2. The van der Waals surface area contributed by atoms with E-state index in [9.17, 15) is 18.4 Å². The molecule has 0 aliphatic carbocycles. The molecule has 5 nitrogen and oxygen atoms in total. The van der Waals surface area contributed by atoms with Gasteiger partial charge in [-0.05, 0) is 35.4 Å². The molecule has 132 valence electrons. The first kappa shape index (κ1) is 18.4. The predicted octanol–water partition coefficient (Wildman–Crippen LogP) is 2.12. The lowest BCUT2D eigenvalue weighted by atomic mass is 10.0. The summed E-state index contributed by atoms with van der Waals surface area (Å²) in [5.74, 6) is -2.41. The van der Waals surface area contributed by atoms with Crippen LogP contribution in [0, 0.1) is 11.6 Å². The van der Waals surface area contributed by atoms with E-state index in [0.29, 0.717) is 5.75 Å². The Kier molecular flexibility index (Phi) is 6.05. The molecule has 2 rings (SSSR count). The van der Waals surface area contributed by atoms with Gasteiger partial charge in [-0.15, -0.1) is 0 Å². The lowest BCUT2D eigenvalue weighted by Crippen LogP contribution is -2.39. The number of nitrogens with one attached hydrogen (secondary N) is 2. The lowest BCUT2D eigenvalue weighted by molar-refractivity contribution is -0.128. The van der Waals surface area contributed by atoms with Gasteiger partial charge in [0.05, 0.1) is 13.5 Å². The van der Waals surface area contributed by atoms with Gasteiger partial charge in [-0.3, -0.25) is 9.59 Å². The number of halogens is 2. The van der Waals surface area contributed by atoms with Crippen LogP contribution in [-0.4, -0.2) is 26.0 Å². The smallest absolute Gasteiger partial charge is 0.246 e. The fourth-order valence-corrected chi connectivity index (χ4v) is 2.28. The molecule has 2 N–H and O–H groups in total. The van der Waals surface area contributed by atoms with Crippen molar-refractivity contribution in [3.8, 4) is 5.75 Å². The highest BCUT2D eigenvalue weighted by atomic mass is 19.2. The summed E-state index contributed by atoms with van der Waals surface area (Å²) in [4.78, 5) is 24.3. The normalized spacial score (nSPS) is 11.5. The van der Waals surface area contributed by atoms with E-state index in [-0.39, 0.29) is 12.0 Å². The largest absolute Gasteiger partial charge is 0.497 e. The van der Waals surface area contributed by atoms with Crippen LogP contribution in [0.2, 0.25) is 0 Å². The van der Waals surface area contributed by atoms with E-state index >= 15 is 0 Å². The predicted molar refractivity (Wildman–Crippen MR) is 88.0 cm³/mol. The SMILES string of the molecule is CNC(=O)C(NC(=O)Cc1ccc(OC)cc1)c1ccc(F)c(F)c1. The molecular formula is C18H18F2N2O3. The Morgan fingerprint density at radius 3 is 2.32 bits per heavy atom. The number of carbonyl (C=O) groups excluding carboxylic acids is 2. The maximum Gasteiger partial charge on any atom is 0.246 e. The van der Waals surface area contributed by atoms with Crippen LogP contribution >= 0.6 is 0 Å². The number of likely N-dealkylation sites (N-methyl/N-ethyl adjacent to an activating group) is 1. The molecule has 0 radical (unpaired) electrons. The third-order valence-corrected chi connectivity index (χ3v) is 3.61. The molecule has 1 atom stereocenters. The van der Waals surface area contributed by atoms with Gasteiger partial charge in [0.25, 0.3) is 0 Å². The van der Waals surface area contributed by atoms with Crippen LogP contribution in [0.4, 0.5) is 8.78 Å². The van der Waals surface area contributed by atoms with E-state index in [0.717, 1.165) is 17.7 Å². The van der Waals surface area contributed by atoms with Crippen molar-refractivity contribution >= 4 is 11.8 Å². The van der Waals surface area contributed by atoms with Gasteiger partial charge >= 0.3 is 0 Å². The average Bonchev–Trinajstić information content (AvgIpc) is 2.62. The van der Waals surface area contributed by atoms with E-state index in [1.807, 2.05) is 0 Å². The van der Waals surface area contributed by atoms with Crippen LogP contribution in [0.3, 0.4) is 0 Å². The Balaban J connectivity index is 2.14. The lowest BCUT2D eigenvalue weighted by Gasteiger charge is -2.18. The highest BCUT2D eigenvalue weighted by Gasteiger charge is 2.23. The Hall–Kier alpha value is -2.96. The number of ether oxygens (including phenoxy) is 1. The molecule has 0 aliphatic heterocycles. The number of benzene rings is 2. The Morgan fingerprint density at radius 2 is 1.76 bits per heavy atom. The minimum Gasteiger partial charge on any atom is -0.497 e. The van der Waals surface area contributed by atoms with Crippen molar-refractivity contribution in [2.24, 2.45) is 0 Å². The average molecular weight is 348 g/mol. The third-order valence-electron chi connectivity index (χ3n) is 3.61. The summed E-state index contributed by atoms with van der Waals surface area (Å²) in [6.07, 6.45) is 0.0289. The summed E-state index contributed by atoms with van der Waals surface area (Å²) >= 11 is 0. The molecule has 2 aromatic carbocycles. The van der Waals surface area contributed by atoms with E-state index in [2.05, 4.69) is 10.6 Å². The van der Waals surface area contributed by atoms with Crippen LogP contribution in [0.15, 0.2) is 42.5 Å². The minimum absolute atomic E-state index is 0.0289. The van der Waals surface area contributed by atoms with Crippen molar-refractivity contribution in [2.45, 2.75) is 12.5 Å². The number of methoxy groups -OCH3 is 1. The summed E-state index contributed by atoms with van der Waals surface area (Å²) in [6.45, 7) is 0. The molecule has 2 amide bonds. The first-order valence-electron chi connectivity index (χ1n) is 7.53. The standard InChI is InChI=1S/C18H18F2N2O3/c1-21-18(24)17(12-5-8-14(19)15(20)10-12)22-16(23)9-11-3-6-13(25-2)7-4-11/h3-8,10,17H,9H2,1-2H3,(H,21,24)(H,22,23). The van der Waals surface area contributed by atoms with Gasteiger partial charge in [0, 0.05) is 7.05 Å². The van der Waals surface area contributed by atoms with Gasteiger partial charge in [0.15, 0.2) is 11.6 Å². The zero-order valence-electron chi connectivity index (χ0n) is 13.8. The Morgan fingerprint density at radius 1 is 1.08 bits per heavy atom. The summed E-state index contributed by atoms with van der Waals surface area (Å²) in [5, 5.41) is 4.93. The molecule has 0 heterocycles. The molecule has 1 unspecified atom stereocenters. The van der Waals surface area contributed by atoms with Gasteiger partial charge < -0.3 is 15.4 Å². The number of hydrogen-bond donors (Lipinski definition) is 2. The second kappa shape index (κ2) is 8.23. The first-order chi connectivity index (χ1) is 11.9. The summed E-state index contributed by atoms with van der Waals surface area (Å²) in [5.41, 5.74) is 0.876. The van der Waals surface area contributed by atoms with Crippen molar-refractivity contribution in [1.29, 1.82) is 0 Å². The van der Waals surface area contributed by atoms with Crippen LogP contribution < -0.4 is 15.4 Å². The number of amides is 2. The zero-order valence-corrected chi connectivity index (χ0v) is 13.8. The van der Waals surface area contributed by atoms with Gasteiger partial charge in [-0.1, -0.05) is 18.2 Å². The molecule has 0 bridgehead atoms. The monoisotopic (exact) mass is 348 g/mol. The fourth-order valence-electron chi connectivity index (χ4n) is 2.28. The summed E-state index contributed by atoms with van der Waals surface area (Å²) < 4.78 is 31.6. The molecular weight excluding hydrogens is 330 g/mol. The molecule has 0 fully saturated rings. The zero-order chi connectivity index (χ0) is 18.4.